The number of fused-ring (bicyclic) bond motifs is 1. The van der Waals surface area contributed by atoms with Gasteiger partial charge in [0.2, 0.25) is 0 Å². The summed E-state index contributed by atoms with van der Waals surface area (Å²) in [4.78, 5) is 0. The van der Waals surface area contributed by atoms with E-state index in [0.29, 0.717) is 0 Å². The van der Waals surface area contributed by atoms with Gasteiger partial charge < -0.3 is 14.6 Å². The highest BCUT2D eigenvalue weighted by atomic mass is 16.7. The van der Waals surface area contributed by atoms with Gasteiger partial charge in [0.05, 0.1) is 5.60 Å². The molecule has 0 aromatic heterocycles. The van der Waals surface area contributed by atoms with Crippen molar-refractivity contribution in [1.29, 1.82) is 0 Å². The minimum Gasteiger partial charge on any atom is -0.448 e. The van der Waals surface area contributed by atoms with Crippen molar-refractivity contribution in [2.45, 2.75) is 44.5 Å². The van der Waals surface area contributed by atoms with Crippen LogP contribution in [0, 0.1) is 0 Å². The number of hydrogen-bond acceptors (Lipinski definition) is 3. The molecular formula is C13H16O3. The predicted octanol–water partition coefficient (Wildman–Crippen LogP) is 2.57. The molecule has 86 valence electrons. The monoisotopic (exact) mass is 220 g/mol. The number of aliphatic hydroxyl groups is 1. The highest BCUT2D eigenvalue weighted by Crippen LogP contribution is 2.48. The van der Waals surface area contributed by atoms with Crippen molar-refractivity contribution in [3.8, 4) is 11.5 Å². The van der Waals surface area contributed by atoms with E-state index in [1.807, 2.05) is 18.2 Å². The Morgan fingerprint density at radius 1 is 1.19 bits per heavy atom. The van der Waals surface area contributed by atoms with Gasteiger partial charge in [0.15, 0.2) is 11.5 Å². The van der Waals surface area contributed by atoms with Crippen LogP contribution in [-0.4, -0.2) is 10.9 Å². The quantitative estimate of drug-likeness (QED) is 0.790. The summed E-state index contributed by atoms with van der Waals surface area (Å²) in [6.45, 7) is 3.54. The third-order valence-electron chi connectivity index (χ3n) is 3.36. The summed E-state index contributed by atoms with van der Waals surface area (Å²) in [6.07, 6.45) is 3.07. The van der Waals surface area contributed by atoms with Crippen LogP contribution in [0.25, 0.3) is 0 Å². The largest absolute Gasteiger partial charge is 0.448 e. The van der Waals surface area contributed by atoms with E-state index in [4.69, 9.17) is 9.47 Å². The zero-order chi connectivity index (χ0) is 11.4. The minimum atomic E-state index is -0.840. The minimum absolute atomic E-state index is 0.388. The van der Waals surface area contributed by atoms with Crippen LogP contribution in [0.2, 0.25) is 0 Å². The van der Waals surface area contributed by atoms with E-state index in [2.05, 4.69) is 0 Å². The molecule has 0 saturated heterocycles. The zero-order valence-electron chi connectivity index (χ0n) is 9.62. The third kappa shape index (κ3) is 1.39. The van der Waals surface area contributed by atoms with Crippen molar-refractivity contribution in [1.82, 2.24) is 0 Å². The second kappa shape index (κ2) is 2.92. The van der Waals surface area contributed by atoms with E-state index in [9.17, 15) is 5.11 Å². The normalized spacial score (nSPS) is 20.9. The SMILES string of the molecule is CC(C)(O)c1ccc2c(c1)OC1(CCC1)O2. The van der Waals surface area contributed by atoms with E-state index in [1.54, 1.807) is 13.8 Å². The van der Waals surface area contributed by atoms with E-state index in [-0.39, 0.29) is 5.79 Å². The van der Waals surface area contributed by atoms with Gasteiger partial charge in [0.1, 0.15) is 0 Å². The van der Waals surface area contributed by atoms with E-state index in [1.165, 1.54) is 0 Å². The lowest BCUT2D eigenvalue weighted by Gasteiger charge is -2.35. The van der Waals surface area contributed by atoms with Gasteiger partial charge in [0, 0.05) is 12.8 Å². The van der Waals surface area contributed by atoms with Crippen molar-refractivity contribution in [3.63, 3.8) is 0 Å². The molecule has 1 saturated carbocycles. The lowest BCUT2D eigenvalue weighted by atomic mass is 9.91. The Kier molecular flexibility index (Phi) is 1.82. The summed E-state index contributed by atoms with van der Waals surface area (Å²) < 4.78 is 11.6. The first-order chi connectivity index (χ1) is 7.49. The van der Waals surface area contributed by atoms with Gasteiger partial charge in [-0.05, 0) is 38.0 Å². The number of rotatable bonds is 1. The molecule has 1 aromatic rings. The maximum absolute atomic E-state index is 9.93. The second-order valence-electron chi connectivity index (χ2n) is 5.19. The van der Waals surface area contributed by atoms with Crippen molar-refractivity contribution in [3.05, 3.63) is 23.8 Å². The summed E-state index contributed by atoms with van der Waals surface area (Å²) >= 11 is 0. The molecule has 1 aliphatic carbocycles. The Bertz CT molecular complexity index is 427. The molecule has 0 amide bonds. The Morgan fingerprint density at radius 3 is 2.44 bits per heavy atom. The Labute approximate surface area is 95.0 Å². The van der Waals surface area contributed by atoms with E-state index >= 15 is 0 Å². The second-order valence-corrected chi connectivity index (χ2v) is 5.19. The van der Waals surface area contributed by atoms with Crippen LogP contribution in [0.1, 0.15) is 38.7 Å². The Morgan fingerprint density at radius 2 is 1.88 bits per heavy atom. The summed E-state index contributed by atoms with van der Waals surface area (Å²) in [5.41, 5.74) is 0.0135. The van der Waals surface area contributed by atoms with Crippen molar-refractivity contribution in [2.75, 3.05) is 0 Å². The fraction of sp³-hybridized carbons (Fsp3) is 0.538. The molecule has 0 unspecified atom stereocenters. The molecule has 0 radical (unpaired) electrons. The molecule has 1 fully saturated rings. The predicted molar refractivity (Wildman–Crippen MR) is 59.5 cm³/mol. The van der Waals surface area contributed by atoms with Crippen LogP contribution >= 0.6 is 0 Å². The first-order valence-electron chi connectivity index (χ1n) is 5.74. The summed E-state index contributed by atoms with van der Waals surface area (Å²) in [7, 11) is 0. The molecule has 1 aliphatic heterocycles. The number of ether oxygens (including phenoxy) is 2. The highest BCUT2D eigenvalue weighted by Gasteiger charge is 2.47. The Balaban J connectivity index is 1.94. The van der Waals surface area contributed by atoms with Crippen LogP contribution in [0.4, 0.5) is 0 Å². The molecule has 0 atom stereocenters. The van der Waals surface area contributed by atoms with Gasteiger partial charge in [-0.2, -0.15) is 0 Å². The molecular weight excluding hydrogens is 204 g/mol. The summed E-state index contributed by atoms with van der Waals surface area (Å²) in [6, 6.07) is 5.65. The van der Waals surface area contributed by atoms with Gasteiger partial charge in [-0.25, -0.2) is 0 Å². The molecule has 1 aromatic carbocycles. The summed E-state index contributed by atoms with van der Waals surface area (Å²) in [5.74, 6) is 1.17. The average molecular weight is 220 g/mol. The van der Waals surface area contributed by atoms with E-state index in [0.717, 1.165) is 36.3 Å². The third-order valence-corrected chi connectivity index (χ3v) is 3.36. The molecule has 2 aliphatic rings. The summed E-state index contributed by atoms with van der Waals surface area (Å²) in [5, 5.41) is 9.93. The Hall–Kier alpha value is -1.22. The molecule has 0 bridgehead atoms. The van der Waals surface area contributed by atoms with Gasteiger partial charge in [-0.1, -0.05) is 6.07 Å². The fourth-order valence-electron chi connectivity index (χ4n) is 2.14. The maximum atomic E-state index is 9.93. The van der Waals surface area contributed by atoms with Gasteiger partial charge in [0.25, 0.3) is 5.79 Å². The lowest BCUT2D eigenvalue weighted by Crippen LogP contribution is -2.45. The van der Waals surface area contributed by atoms with Crippen molar-refractivity contribution >= 4 is 0 Å². The highest BCUT2D eigenvalue weighted by molar-refractivity contribution is 5.47. The smallest absolute Gasteiger partial charge is 0.251 e. The molecule has 16 heavy (non-hydrogen) atoms. The fourth-order valence-corrected chi connectivity index (χ4v) is 2.14. The van der Waals surface area contributed by atoms with Crippen molar-refractivity contribution < 1.29 is 14.6 Å². The molecule has 1 spiro atoms. The molecule has 3 rings (SSSR count). The molecule has 1 heterocycles. The van der Waals surface area contributed by atoms with Crippen LogP contribution in [0.3, 0.4) is 0 Å². The first kappa shape index (κ1) is 9.97. The zero-order valence-corrected chi connectivity index (χ0v) is 9.62. The van der Waals surface area contributed by atoms with Crippen LogP contribution in [0.15, 0.2) is 18.2 Å². The molecule has 3 nitrogen and oxygen atoms in total. The van der Waals surface area contributed by atoms with Gasteiger partial charge >= 0.3 is 0 Å². The van der Waals surface area contributed by atoms with Crippen LogP contribution < -0.4 is 9.47 Å². The van der Waals surface area contributed by atoms with Crippen LogP contribution in [-0.2, 0) is 5.60 Å². The van der Waals surface area contributed by atoms with E-state index < -0.39 is 5.60 Å². The standard InChI is InChI=1S/C13H16O3/c1-12(2,14)9-4-5-10-11(8-9)16-13(15-10)6-3-7-13/h4-5,8,14H,3,6-7H2,1-2H3. The number of benzene rings is 1. The van der Waals surface area contributed by atoms with Gasteiger partial charge in [-0.15, -0.1) is 0 Å². The molecule has 3 heteroatoms. The maximum Gasteiger partial charge on any atom is 0.251 e. The molecule has 1 N–H and O–H groups in total. The first-order valence-corrected chi connectivity index (χ1v) is 5.74. The van der Waals surface area contributed by atoms with Crippen LogP contribution in [0.5, 0.6) is 11.5 Å². The average Bonchev–Trinajstić information content (AvgIpc) is 2.53. The van der Waals surface area contributed by atoms with Gasteiger partial charge in [-0.3, -0.25) is 0 Å². The van der Waals surface area contributed by atoms with Crippen molar-refractivity contribution in [2.24, 2.45) is 0 Å². The number of hydrogen-bond donors (Lipinski definition) is 1. The lowest BCUT2D eigenvalue weighted by molar-refractivity contribution is -0.138. The topological polar surface area (TPSA) is 38.7 Å².